The van der Waals surface area contributed by atoms with Gasteiger partial charge in [0.1, 0.15) is 19.0 Å². The maximum atomic E-state index is 5.36. The first-order valence-corrected chi connectivity index (χ1v) is 4.89. The van der Waals surface area contributed by atoms with E-state index in [2.05, 4.69) is 5.92 Å². The van der Waals surface area contributed by atoms with E-state index in [0.29, 0.717) is 30.4 Å². The fourth-order valence-electron chi connectivity index (χ4n) is 1.15. The van der Waals surface area contributed by atoms with Crippen LogP contribution in [0.5, 0.6) is 17.2 Å². The fourth-order valence-corrected chi connectivity index (χ4v) is 1.15. The molecule has 0 heterocycles. The summed E-state index contributed by atoms with van der Waals surface area (Å²) in [6.07, 6.45) is 5.11. The van der Waals surface area contributed by atoms with Crippen LogP contribution in [0.2, 0.25) is 0 Å². The lowest BCUT2D eigenvalue weighted by molar-refractivity contribution is 0.313. The van der Waals surface area contributed by atoms with Crippen molar-refractivity contribution >= 4 is 0 Å². The summed E-state index contributed by atoms with van der Waals surface area (Å²) in [7, 11) is 1.56. The minimum atomic E-state index is 0.208. The molecule has 0 spiro atoms. The van der Waals surface area contributed by atoms with E-state index < -0.39 is 0 Å². The van der Waals surface area contributed by atoms with E-state index in [4.69, 9.17) is 26.4 Å². The van der Waals surface area contributed by atoms with Crippen LogP contribution >= 0.6 is 0 Å². The topological polar surface area (TPSA) is 53.7 Å². The zero-order chi connectivity index (χ0) is 11.8. The van der Waals surface area contributed by atoms with Crippen molar-refractivity contribution in [1.29, 1.82) is 0 Å². The molecule has 0 aromatic heterocycles. The molecule has 0 fully saturated rings. The molecule has 16 heavy (non-hydrogen) atoms. The van der Waals surface area contributed by atoms with Gasteiger partial charge in [-0.25, -0.2) is 0 Å². The highest BCUT2D eigenvalue weighted by atomic mass is 16.5. The first kappa shape index (κ1) is 12.2. The number of terminal acetylenes is 1. The van der Waals surface area contributed by atoms with Gasteiger partial charge >= 0.3 is 0 Å². The van der Waals surface area contributed by atoms with Crippen LogP contribution in [0.1, 0.15) is 0 Å². The molecular formula is C12H15NO3. The SMILES string of the molecule is C#CCOc1ccc(OCCN)cc1OC. The number of hydrogen-bond acceptors (Lipinski definition) is 4. The fraction of sp³-hybridized carbons (Fsp3) is 0.333. The molecule has 0 atom stereocenters. The van der Waals surface area contributed by atoms with E-state index in [-0.39, 0.29) is 6.61 Å². The van der Waals surface area contributed by atoms with Gasteiger partial charge in [0.15, 0.2) is 11.5 Å². The molecule has 0 unspecified atom stereocenters. The van der Waals surface area contributed by atoms with Gasteiger partial charge in [-0.1, -0.05) is 5.92 Å². The highest BCUT2D eigenvalue weighted by Crippen LogP contribution is 2.31. The van der Waals surface area contributed by atoms with E-state index in [1.54, 1.807) is 25.3 Å². The van der Waals surface area contributed by atoms with Gasteiger partial charge in [-0.2, -0.15) is 0 Å². The molecule has 86 valence electrons. The Balaban J connectivity index is 2.76. The van der Waals surface area contributed by atoms with Crippen molar-refractivity contribution in [3.63, 3.8) is 0 Å². The Kier molecular flexibility index (Phi) is 5.03. The quantitative estimate of drug-likeness (QED) is 0.729. The summed E-state index contributed by atoms with van der Waals surface area (Å²) in [5.74, 6) is 4.27. The Labute approximate surface area is 95.3 Å². The molecule has 4 heteroatoms. The lowest BCUT2D eigenvalue weighted by Gasteiger charge is -2.11. The first-order chi connectivity index (χ1) is 7.81. The molecule has 0 aliphatic rings. The zero-order valence-electron chi connectivity index (χ0n) is 9.23. The van der Waals surface area contributed by atoms with Gasteiger partial charge in [0, 0.05) is 12.6 Å². The van der Waals surface area contributed by atoms with Crippen LogP contribution in [-0.4, -0.2) is 26.9 Å². The number of hydrogen-bond donors (Lipinski definition) is 1. The smallest absolute Gasteiger partial charge is 0.164 e. The number of methoxy groups -OCH3 is 1. The Morgan fingerprint density at radius 1 is 1.31 bits per heavy atom. The maximum Gasteiger partial charge on any atom is 0.164 e. The van der Waals surface area contributed by atoms with Gasteiger partial charge in [0.2, 0.25) is 0 Å². The molecule has 0 aliphatic heterocycles. The predicted molar refractivity (Wildman–Crippen MR) is 61.9 cm³/mol. The maximum absolute atomic E-state index is 5.36. The third-order valence-electron chi connectivity index (χ3n) is 1.83. The van der Waals surface area contributed by atoms with Gasteiger partial charge in [0.25, 0.3) is 0 Å². The van der Waals surface area contributed by atoms with Crippen LogP contribution in [0.4, 0.5) is 0 Å². The van der Waals surface area contributed by atoms with Crippen molar-refractivity contribution in [1.82, 2.24) is 0 Å². The average molecular weight is 221 g/mol. The molecular weight excluding hydrogens is 206 g/mol. The Morgan fingerprint density at radius 3 is 2.75 bits per heavy atom. The third kappa shape index (κ3) is 3.37. The third-order valence-corrected chi connectivity index (χ3v) is 1.83. The summed E-state index contributed by atoms with van der Waals surface area (Å²) >= 11 is 0. The zero-order valence-corrected chi connectivity index (χ0v) is 9.23. The molecule has 0 saturated heterocycles. The second-order valence-corrected chi connectivity index (χ2v) is 2.94. The Bertz CT molecular complexity index is 371. The van der Waals surface area contributed by atoms with Crippen LogP contribution in [-0.2, 0) is 0 Å². The number of rotatable bonds is 6. The molecule has 4 nitrogen and oxygen atoms in total. The average Bonchev–Trinajstić information content (AvgIpc) is 2.34. The van der Waals surface area contributed by atoms with Crippen LogP contribution < -0.4 is 19.9 Å². The highest BCUT2D eigenvalue weighted by Gasteiger charge is 2.05. The number of nitrogens with two attached hydrogens (primary N) is 1. The second kappa shape index (κ2) is 6.59. The van der Waals surface area contributed by atoms with Crippen LogP contribution in [0, 0.1) is 12.3 Å². The van der Waals surface area contributed by atoms with Crippen molar-refractivity contribution in [2.75, 3.05) is 26.9 Å². The number of ether oxygens (including phenoxy) is 3. The van der Waals surface area contributed by atoms with E-state index in [0.717, 1.165) is 0 Å². The van der Waals surface area contributed by atoms with E-state index in [1.807, 2.05) is 0 Å². The lowest BCUT2D eigenvalue weighted by atomic mass is 10.3. The largest absolute Gasteiger partial charge is 0.493 e. The molecule has 1 aromatic rings. The van der Waals surface area contributed by atoms with Crippen LogP contribution in [0.15, 0.2) is 18.2 Å². The Morgan fingerprint density at radius 2 is 2.12 bits per heavy atom. The van der Waals surface area contributed by atoms with Crippen molar-refractivity contribution in [2.24, 2.45) is 5.73 Å². The lowest BCUT2D eigenvalue weighted by Crippen LogP contribution is -2.10. The van der Waals surface area contributed by atoms with E-state index in [1.165, 1.54) is 0 Å². The summed E-state index contributed by atoms with van der Waals surface area (Å²) in [6, 6.07) is 5.27. The molecule has 2 N–H and O–H groups in total. The Hall–Kier alpha value is -1.86. The predicted octanol–water partition coefficient (Wildman–Crippen LogP) is 1.04. The van der Waals surface area contributed by atoms with Gasteiger partial charge in [-0.05, 0) is 12.1 Å². The minimum absolute atomic E-state index is 0.208. The van der Waals surface area contributed by atoms with Crippen molar-refractivity contribution < 1.29 is 14.2 Å². The van der Waals surface area contributed by atoms with Gasteiger partial charge in [-0.15, -0.1) is 6.42 Å². The van der Waals surface area contributed by atoms with Gasteiger partial charge in [0.05, 0.1) is 7.11 Å². The normalized spacial score (nSPS) is 9.31. The summed E-state index contributed by atoms with van der Waals surface area (Å²) in [6.45, 7) is 1.14. The molecule has 0 radical (unpaired) electrons. The summed E-state index contributed by atoms with van der Waals surface area (Å²) in [5.41, 5.74) is 5.34. The van der Waals surface area contributed by atoms with Crippen molar-refractivity contribution in [2.45, 2.75) is 0 Å². The molecule has 0 aliphatic carbocycles. The van der Waals surface area contributed by atoms with E-state index >= 15 is 0 Å². The molecule has 1 rings (SSSR count). The summed E-state index contributed by atoms with van der Waals surface area (Å²) in [4.78, 5) is 0. The second-order valence-electron chi connectivity index (χ2n) is 2.94. The van der Waals surface area contributed by atoms with Gasteiger partial charge in [-0.3, -0.25) is 0 Å². The molecule has 0 bridgehead atoms. The highest BCUT2D eigenvalue weighted by molar-refractivity contribution is 5.45. The van der Waals surface area contributed by atoms with Crippen molar-refractivity contribution in [3.05, 3.63) is 18.2 Å². The number of benzene rings is 1. The van der Waals surface area contributed by atoms with E-state index in [9.17, 15) is 0 Å². The van der Waals surface area contributed by atoms with Gasteiger partial charge < -0.3 is 19.9 Å². The standard InChI is InChI=1S/C12H15NO3/c1-3-7-16-11-5-4-10(15-8-6-13)9-12(11)14-2/h1,4-5,9H,6-8,13H2,2H3. The summed E-state index contributed by atoms with van der Waals surface area (Å²) in [5, 5.41) is 0. The molecule has 0 saturated carbocycles. The first-order valence-electron chi connectivity index (χ1n) is 4.89. The monoisotopic (exact) mass is 221 g/mol. The van der Waals surface area contributed by atoms with Crippen LogP contribution in [0.3, 0.4) is 0 Å². The van der Waals surface area contributed by atoms with Crippen molar-refractivity contribution in [3.8, 4) is 29.6 Å². The molecule has 1 aromatic carbocycles. The molecule has 0 amide bonds. The summed E-state index contributed by atoms with van der Waals surface area (Å²) < 4.78 is 15.8. The minimum Gasteiger partial charge on any atom is -0.493 e. The van der Waals surface area contributed by atoms with Crippen LogP contribution in [0.25, 0.3) is 0 Å².